The van der Waals surface area contributed by atoms with E-state index in [-0.39, 0.29) is 22.5 Å². The van der Waals surface area contributed by atoms with Gasteiger partial charge in [0.25, 0.3) is 11.8 Å². The van der Waals surface area contributed by atoms with Crippen LogP contribution in [0.25, 0.3) is 16.8 Å². The monoisotopic (exact) mass is 472 g/mol. The van der Waals surface area contributed by atoms with Crippen molar-refractivity contribution < 1.29 is 13.9 Å². The van der Waals surface area contributed by atoms with Crippen LogP contribution in [-0.2, 0) is 4.79 Å². The first-order valence-corrected chi connectivity index (χ1v) is 10.6. The lowest BCUT2D eigenvalue weighted by molar-refractivity contribution is -0.112. The molecule has 8 heteroatoms. The van der Waals surface area contributed by atoms with E-state index >= 15 is 0 Å². The second kappa shape index (κ2) is 9.69. The number of nitrogens with zero attached hydrogens (tertiary/aromatic N) is 3. The van der Waals surface area contributed by atoms with E-state index in [1.54, 1.807) is 18.2 Å². The number of ether oxygens (including phenoxy) is 1. The smallest absolute Gasteiger partial charge is 0.266 e. The van der Waals surface area contributed by atoms with Gasteiger partial charge in [-0.15, -0.1) is 0 Å². The van der Waals surface area contributed by atoms with Gasteiger partial charge in [0, 0.05) is 11.3 Å². The molecular formula is C26H18ClFN4O2. The van der Waals surface area contributed by atoms with Crippen LogP contribution < -0.4 is 10.1 Å². The van der Waals surface area contributed by atoms with Crippen molar-refractivity contribution in [2.45, 2.75) is 13.8 Å². The van der Waals surface area contributed by atoms with Gasteiger partial charge in [-0.1, -0.05) is 36.4 Å². The highest BCUT2D eigenvalue weighted by atomic mass is 35.5. The molecule has 1 heterocycles. The Labute approximate surface area is 200 Å². The van der Waals surface area contributed by atoms with Gasteiger partial charge in [0.05, 0.1) is 6.20 Å². The van der Waals surface area contributed by atoms with E-state index in [9.17, 15) is 14.4 Å². The summed E-state index contributed by atoms with van der Waals surface area (Å²) in [6, 6.07) is 18.2. The Balaban J connectivity index is 1.78. The lowest BCUT2D eigenvalue weighted by atomic mass is 10.0. The van der Waals surface area contributed by atoms with Crippen LogP contribution in [0.1, 0.15) is 16.7 Å². The fourth-order valence-corrected chi connectivity index (χ4v) is 3.46. The van der Waals surface area contributed by atoms with Gasteiger partial charge in [-0.3, -0.25) is 4.79 Å². The number of nitrogens with one attached hydrogen (secondary N) is 1. The first-order chi connectivity index (χ1) is 16.4. The quantitative estimate of drug-likeness (QED) is 0.207. The summed E-state index contributed by atoms with van der Waals surface area (Å²) in [7, 11) is 0. The number of benzene rings is 3. The van der Waals surface area contributed by atoms with Crippen molar-refractivity contribution in [3.05, 3.63) is 94.2 Å². The van der Waals surface area contributed by atoms with Crippen LogP contribution >= 0.6 is 11.6 Å². The largest absolute Gasteiger partial charge is 0.436 e. The predicted molar refractivity (Wildman–Crippen MR) is 129 cm³/mol. The Morgan fingerprint density at radius 2 is 1.94 bits per heavy atom. The maximum Gasteiger partial charge on any atom is 0.266 e. The summed E-state index contributed by atoms with van der Waals surface area (Å²) in [4.78, 5) is 20.3. The molecule has 34 heavy (non-hydrogen) atoms. The number of rotatable bonds is 5. The summed E-state index contributed by atoms with van der Waals surface area (Å²) in [6.45, 7) is 3.90. The summed E-state index contributed by atoms with van der Waals surface area (Å²) in [5, 5.41) is 13.9. The van der Waals surface area contributed by atoms with Crippen LogP contribution in [0.2, 0.25) is 5.28 Å². The summed E-state index contributed by atoms with van der Waals surface area (Å²) in [5.41, 5.74) is 2.93. The van der Waals surface area contributed by atoms with Crippen LogP contribution in [-0.4, -0.2) is 15.9 Å². The molecule has 3 aromatic carbocycles. The molecule has 6 nitrogen and oxygen atoms in total. The minimum absolute atomic E-state index is 0.152. The molecule has 1 aromatic heterocycles. The molecule has 0 atom stereocenters. The van der Waals surface area contributed by atoms with Crippen molar-refractivity contribution >= 4 is 40.0 Å². The molecule has 168 valence electrons. The zero-order valence-electron chi connectivity index (χ0n) is 18.3. The number of nitriles is 1. The highest BCUT2D eigenvalue weighted by Crippen LogP contribution is 2.34. The van der Waals surface area contributed by atoms with Gasteiger partial charge in [-0.2, -0.15) is 14.6 Å². The molecule has 1 N–H and O–H groups in total. The van der Waals surface area contributed by atoms with E-state index in [4.69, 9.17) is 16.3 Å². The third-order valence-electron chi connectivity index (χ3n) is 5.24. The number of carbonyl (C=O) groups excluding carboxylic acids is 1. The van der Waals surface area contributed by atoms with Gasteiger partial charge in [0.2, 0.25) is 11.1 Å². The number of aryl methyl sites for hydroxylation is 2. The van der Waals surface area contributed by atoms with Crippen molar-refractivity contribution in [3.63, 3.8) is 0 Å². The van der Waals surface area contributed by atoms with Crippen molar-refractivity contribution in [2.24, 2.45) is 0 Å². The zero-order valence-corrected chi connectivity index (χ0v) is 19.0. The third kappa shape index (κ3) is 4.87. The molecule has 0 aliphatic heterocycles. The second-order valence-corrected chi connectivity index (χ2v) is 7.85. The molecule has 0 saturated carbocycles. The van der Waals surface area contributed by atoms with Crippen LogP contribution in [0.3, 0.4) is 0 Å². The Kier molecular flexibility index (Phi) is 6.53. The molecule has 4 aromatic rings. The number of aromatic nitrogens is 2. The predicted octanol–water partition coefficient (Wildman–Crippen LogP) is 6.38. The summed E-state index contributed by atoms with van der Waals surface area (Å²) in [6.07, 6.45) is 2.31. The minimum Gasteiger partial charge on any atom is -0.436 e. The molecule has 1 amide bonds. The van der Waals surface area contributed by atoms with Gasteiger partial charge in [0.1, 0.15) is 17.4 Å². The van der Waals surface area contributed by atoms with Crippen molar-refractivity contribution in [1.82, 2.24) is 9.97 Å². The van der Waals surface area contributed by atoms with Crippen LogP contribution in [0.15, 0.2) is 66.4 Å². The number of carbonyl (C=O) groups is 1. The number of anilines is 1. The number of amides is 1. The van der Waals surface area contributed by atoms with Gasteiger partial charge < -0.3 is 10.1 Å². The molecule has 4 rings (SSSR count). The molecule has 0 aliphatic carbocycles. The molecular weight excluding hydrogens is 455 g/mol. The summed E-state index contributed by atoms with van der Waals surface area (Å²) < 4.78 is 19.9. The SMILES string of the molecule is Cc1ccc(NC(=O)/C(C#N)=C/c2c(Oc3nc(Cl)ncc3F)ccc3ccccc23)cc1C. The first-order valence-electron chi connectivity index (χ1n) is 10.2. The lowest BCUT2D eigenvalue weighted by Crippen LogP contribution is -2.13. The second-order valence-electron chi connectivity index (χ2n) is 7.52. The van der Waals surface area contributed by atoms with Crippen molar-refractivity contribution in [3.8, 4) is 17.7 Å². The van der Waals surface area contributed by atoms with Crippen LogP contribution in [0.5, 0.6) is 11.6 Å². The molecule has 0 bridgehead atoms. The highest BCUT2D eigenvalue weighted by Gasteiger charge is 2.16. The van der Waals surface area contributed by atoms with Crippen LogP contribution in [0, 0.1) is 31.0 Å². The van der Waals surface area contributed by atoms with Crippen molar-refractivity contribution in [1.29, 1.82) is 5.26 Å². The van der Waals surface area contributed by atoms with Gasteiger partial charge in [-0.25, -0.2) is 4.98 Å². The van der Waals surface area contributed by atoms with Crippen LogP contribution in [0.4, 0.5) is 10.1 Å². The Bertz CT molecular complexity index is 1490. The molecule has 0 saturated heterocycles. The average molecular weight is 473 g/mol. The van der Waals surface area contributed by atoms with E-state index < -0.39 is 11.7 Å². The number of fused-ring (bicyclic) bond motifs is 1. The topological polar surface area (TPSA) is 87.9 Å². The highest BCUT2D eigenvalue weighted by molar-refractivity contribution is 6.28. The maximum absolute atomic E-state index is 14.2. The number of hydrogen-bond acceptors (Lipinski definition) is 5. The molecule has 0 aliphatic rings. The van der Waals surface area contributed by atoms with Gasteiger partial charge in [0.15, 0.2) is 0 Å². The lowest BCUT2D eigenvalue weighted by Gasteiger charge is -2.12. The Hall–Kier alpha value is -4.28. The maximum atomic E-state index is 14.2. The summed E-state index contributed by atoms with van der Waals surface area (Å²) in [5.74, 6) is -1.57. The fourth-order valence-electron chi connectivity index (χ4n) is 3.33. The minimum atomic E-state index is -0.805. The van der Waals surface area contributed by atoms with E-state index in [1.165, 1.54) is 6.08 Å². The Morgan fingerprint density at radius 3 is 2.71 bits per heavy atom. The van der Waals surface area contributed by atoms with Crippen molar-refractivity contribution in [2.75, 3.05) is 5.32 Å². The van der Waals surface area contributed by atoms with E-state index in [2.05, 4.69) is 15.3 Å². The number of halogens is 2. The Morgan fingerprint density at radius 1 is 1.15 bits per heavy atom. The molecule has 0 fully saturated rings. The summed E-state index contributed by atoms with van der Waals surface area (Å²) >= 11 is 5.79. The fraction of sp³-hybridized carbons (Fsp3) is 0.0769. The van der Waals surface area contributed by atoms with E-state index in [0.717, 1.165) is 22.7 Å². The zero-order chi connectivity index (χ0) is 24.2. The first kappa shape index (κ1) is 22.9. The molecule has 0 spiro atoms. The van der Waals surface area contributed by atoms with E-state index in [1.807, 2.05) is 56.3 Å². The van der Waals surface area contributed by atoms with Gasteiger partial charge in [-0.05, 0) is 71.6 Å². The van der Waals surface area contributed by atoms with E-state index in [0.29, 0.717) is 16.6 Å². The third-order valence-corrected chi connectivity index (χ3v) is 5.42. The normalized spacial score (nSPS) is 11.2. The standard InChI is InChI=1S/C26H18ClFN4O2/c1-15-7-9-19(11-16(15)2)31-24(33)18(13-29)12-21-20-6-4-3-5-17(20)8-10-23(21)34-25-22(28)14-30-26(27)32-25/h3-12,14H,1-2H3,(H,31,33)/b18-12+. The van der Waals surface area contributed by atoms with Gasteiger partial charge >= 0.3 is 0 Å². The molecule has 0 unspecified atom stereocenters. The average Bonchev–Trinajstić information content (AvgIpc) is 2.83. The molecule has 0 radical (unpaired) electrons. The number of hydrogen-bond donors (Lipinski definition) is 1.